The predicted octanol–water partition coefficient (Wildman–Crippen LogP) is 3.41. The molecule has 1 aliphatic heterocycles. The van der Waals surface area contributed by atoms with Crippen LogP contribution in [0.5, 0.6) is 0 Å². The van der Waals surface area contributed by atoms with Gasteiger partial charge in [-0.05, 0) is 43.4 Å². The van der Waals surface area contributed by atoms with Crippen molar-refractivity contribution in [2.45, 2.75) is 58.0 Å². The van der Waals surface area contributed by atoms with Crippen molar-refractivity contribution < 1.29 is 0 Å². The summed E-state index contributed by atoms with van der Waals surface area (Å²) in [6, 6.07) is 6.94. The second kappa shape index (κ2) is 5.87. The summed E-state index contributed by atoms with van der Waals surface area (Å²) in [5, 5.41) is 3.83. The van der Waals surface area contributed by atoms with Crippen molar-refractivity contribution in [2.75, 3.05) is 19.6 Å². The first-order valence-corrected chi connectivity index (χ1v) is 8.20. The first kappa shape index (κ1) is 14.1. The van der Waals surface area contributed by atoms with Crippen LogP contribution in [0.4, 0.5) is 0 Å². The molecule has 0 aromatic heterocycles. The van der Waals surface area contributed by atoms with E-state index in [1.54, 1.807) is 0 Å². The highest BCUT2D eigenvalue weighted by Gasteiger charge is 2.35. The second-order valence-corrected chi connectivity index (χ2v) is 6.90. The lowest BCUT2D eigenvalue weighted by Crippen LogP contribution is -2.60. The summed E-state index contributed by atoms with van der Waals surface area (Å²) in [5.74, 6) is 0. The smallest absolute Gasteiger partial charge is 0.0309 e. The highest BCUT2D eigenvalue weighted by atomic mass is 15.2. The first-order valence-electron chi connectivity index (χ1n) is 8.20. The molecule has 0 unspecified atom stereocenters. The Hall–Kier alpha value is -0.860. The van der Waals surface area contributed by atoms with Gasteiger partial charge in [0.15, 0.2) is 0 Å². The van der Waals surface area contributed by atoms with Gasteiger partial charge in [0.05, 0.1) is 0 Å². The predicted molar refractivity (Wildman–Crippen MR) is 85.0 cm³/mol. The molecule has 20 heavy (non-hydrogen) atoms. The maximum Gasteiger partial charge on any atom is 0.0309 e. The Kier molecular flexibility index (Phi) is 4.13. The lowest BCUT2D eigenvalue weighted by Gasteiger charge is -2.46. The van der Waals surface area contributed by atoms with E-state index in [9.17, 15) is 0 Å². The number of hydrogen-bond acceptors (Lipinski definition) is 2. The number of hydrogen-bond donors (Lipinski definition) is 1. The summed E-state index contributed by atoms with van der Waals surface area (Å²) in [4.78, 5) is 2.66. The molecule has 0 atom stereocenters. The first-order chi connectivity index (χ1) is 9.67. The number of aryl methyl sites for hydroxylation is 2. The second-order valence-electron chi connectivity index (χ2n) is 6.90. The van der Waals surface area contributed by atoms with Gasteiger partial charge in [-0.3, -0.25) is 4.90 Å². The maximum absolute atomic E-state index is 3.83. The van der Waals surface area contributed by atoms with E-state index >= 15 is 0 Å². The topological polar surface area (TPSA) is 15.3 Å². The van der Waals surface area contributed by atoms with Gasteiger partial charge in [-0.1, -0.05) is 37.5 Å². The van der Waals surface area contributed by atoms with Crippen molar-refractivity contribution >= 4 is 0 Å². The van der Waals surface area contributed by atoms with Gasteiger partial charge in [0.1, 0.15) is 0 Å². The lowest BCUT2D eigenvalue weighted by atomic mass is 9.80. The minimum absolute atomic E-state index is 0.427. The molecule has 1 saturated heterocycles. The van der Waals surface area contributed by atoms with Crippen LogP contribution in [0.2, 0.25) is 0 Å². The Morgan fingerprint density at radius 3 is 2.65 bits per heavy atom. The van der Waals surface area contributed by atoms with Gasteiger partial charge in [-0.15, -0.1) is 0 Å². The Labute approximate surface area is 123 Å². The third-order valence-corrected chi connectivity index (χ3v) is 5.24. The van der Waals surface area contributed by atoms with Crippen molar-refractivity contribution in [3.05, 3.63) is 34.9 Å². The van der Waals surface area contributed by atoms with Gasteiger partial charge in [0.25, 0.3) is 0 Å². The minimum Gasteiger partial charge on any atom is -0.309 e. The summed E-state index contributed by atoms with van der Waals surface area (Å²) >= 11 is 0. The van der Waals surface area contributed by atoms with E-state index in [2.05, 4.69) is 42.3 Å². The average Bonchev–Trinajstić information content (AvgIpc) is 2.44. The van der Waals surface area contributed by atoms with Crippen LogP contribution in [0.25, 0.3) is 0 Å². The van der Waals surface area contributed by atoms with Crippen LogP contribution in [0.1, 0.15) is 48.8 Å². The van der Waals surface area contributed by atoms with Gasteiger partial charge in [-0.2, -0.15) is 0 Å². The van der Waals surface area contributed by atoms with Crippen LogP contribution >= 0.6 is 0 Å². The van der Waals surface area contributed by atoms with Crippen molar-refractivity contribution in [3.63, 3.8) is 0 Å². The molecule has 1 saturated carbocycles. The molecule has 2 nitrogen and oxygen atoms in total. The molecule has 2 heteroatoms. The van der Waals surface area contributed by atoms with Crippen LogP contribution in [0.15, 0.2) is 18.2 Å². The Balaban J connectivity index is 1.66. The Bertz CT molecular complexity index is 455. The molecular formula is C18H28N2. The SMILES string of the molecule is Cc1ccc(CN2CCNC3(CCCCC3)C2)cc1C. The maximum atomic E-state index is 3.83. The van der Waals surface area contributed by atoms with Gasteiger partial charge in [-0.25, -0.2) is 0 Å². The number of piperazine rings is 1. The van der Waals surface area contributed by atoms with Crippen molar-refractivity contribution in [1.29, 1.82) is 0 Å². The third kappa shape index (κ3) is 3.07. The highest BCUT2D eigenvalue weighted by molar-refractivity contribution is 5.29. The zero-order chi connectivity index (χ0) is 14.0. The summed E-state index contributed by atoms with van der Waals surface area (Å²) in [6.07, 6.45) is 6.99. The molecule has 110 valence electrons. The van der Waals surface area contributed by atoms with E-state index in [-0.39, 0.29) is 0 Å². The number of nitrogens with zero attached hydrogens (tertiary/aromatic N) is 1. The molecule has 0 amide bonds. The monoisotopic (exact) mass is 272 g/mol. The molecule has 1 aliphatic carbocycles. The molecule has 1 aromatic carbocycles. The van der Waals surface area contributed by atoms with Gasteiger partial charge < -0.3 is 5.32 Å². The van der Waals surface area contributed by atoms with Crippen LogP contribution in [0.3, 0.4) is 0 Å². The van der Waals surface area contributed by atoms with Crippen molar-refractivity contribution in [3.8, 4) is 0 Å². The summed E-state index contributed by atoms with van der Waals surface area (Å²) < 4.78 is 0. The zero-order valence-corrected chi connectivity index (χ0v) is 13.0. The molecule has 2 fully saturated rings. The van der Waals surface area contributed by atoms with E-state index in [0.717, 1.165) is 13.1 Å². The zero-order valence-electron chi connectivity index (χ0n) is 13.0. The van der Waals surface area contributed by atoms with Crippen LogP contribution < -0.4 is 5.32 Å². The van der Waals surface area contributed by atoms with E-state index in [1.165, 1.54) is 61.9 Å². The molecular weight excluding hydrogens is 244 g/mol. The Morgan fingerprint density at radius 2 is 1.90 bits per heavy atom. The summed E-state index contributed by atoms with van der Waals surface area (Å²) in [7, 11) is 0. The van der Waals surface area contributed by atoms with Crippen molar-refractivity contribution in [2.24, 2.45) is 0 Å². The molecule has 0 bridgehead atoms. The summed E-state index contributed by atoms with van der Waals surface area (Å²) in [5.41, 5.74) is 4.72. The normalized spacial score (nSPS) is 23.1. The van der Waals surface area contributed by atoms with Crippen molar-refractivity contribution in [1.82, 2.24) is 10.2 Å². The van der Waals surface area contributed by atoms with Crippen LogP contribution in [0, 0.1) is 13.8 Å². The van der Waals surface area contributed by atoms with Gasteiger partial charge in [0, 0.05) is 31.7 Å². The molecule has 1 aromatic rings. The number of benzene rings is 1. The largest absolute Gasteiger partial charge is 0.309 e. The highest BCUT2D eigenvalue weighted by Crippen LogP contribution is 2.31. The molecule has 2 aliphatic rings. The third-order valence-electron chi connectivity index (χ3n) is 5.24. The molecule has 1 spiro atoms. The van der Waals surface area contributed by atoms with Crippen LogP contribution in [-0.4, -0.2) is 30.1 Å². The molecule has 1 heterocycles. The molecule has 0 radical (unpaired) electrons. The molecule has 3 rings (SSSR count). The minimum atomic E-state index is 0.427. The van der Waals surface area contributed by atoms with E-state index in [1.807, 2.05) is 0 Å². The fourth-order valence-corrected chi connectivity index (χ4v) is 3.90. The average molecular weight is 272 g/mol. The fourth-order valence-electron chi connectivity index (χ4n) is 3.90. The van der Waals surface area contributed by atoms with Crippen LogP contribution in [-0.2, 0) is 6.54 Å². The quantitative estimate of drug-likeness (QED) is 0.887. The fraction of sp³-hybridized carbons (Fsp3) is 0.667. The standard InChI is InChI=1S/C18H28N2/c1-15-6-7-17(12-16(15)2)13-20-11-10-19-18(14-20)8-4-3-5-9-18/h6-7,12,19H,3-5,8-11,13-14H2,1-2H3. The number of nitrogens with one attached hydrogen (secondary N) is 1. The van der Waals surface area contributed by atoms with E-state index in [0.29, 0.717) is 5.54 Å². The number of rotatable bonds is 2. The van der Waals surface area contributed by atoms with E-state index < -0.39 is 0 Å². The summed E-state index contributed by atoms with van der Waals surface area (Å²) in [6.45, 7) is 9.12. The van der Waals surface area contributed by atoms with Gasteiger partial charge >= 0.3 is 0 Å². The van der Waals surface area contributed by atoms with Gasteiger partial charge in [0.2, 0.25) is 0 Å². The lowest BCUT2D eigenvalue weighted by molar-refractivity contribution is 0.0945. The Morgan fingerprint density at radius 1 is 1.10 bits per heavy atom. The van der Waals surface area contributed by atoms with E-state index in [4.69, 9.17) is 0 Å². The molecule has 1 N–H and O–H groups in total.